The first-order chi connectivity index (χ1) is 17.6. The molecule has 5 rings (SSSR count). The molecule has 2 fully saturated rings. The molecule has 2 heterocycles. The molecule has 0 saturated carbocycles. The molecular formula is C29H29N3O3S. The highest BCUT2D eigenvalue weighted by molar-refractivity contribution is 8.18. The fraction of sp³-hybridized carbons (Fsp3) is 0.241. The Balaban J connectivity index is 1.15. The summed E-state index contributed by atoms with van der Waals surface area (Å²) < 4.78 is 5.83. The van der Waals surface area contributed by atoms with Gasteiger partial charge in [-0.15, -0.1) is 0 Å². The molecule has 2 aliphatic heterocycles. The van der Waals surface area contributed by atoms with Gasteiger partial charge in [0.25, 0.3) is 11.1 Å². The highest BCUT2D eigenvalue weighted by atomic mass is 32.2. The normalized spacial score (nSPS) is 17.8. The third-order valence-corrected chi connectivity index (χ3v) is 7.38. The van der Waals surface area contributed by atoms with Crippen molar-refractivity contribution in [2.75, 3.05) is 37.7 Å². The maximum Gasteiger partial charge on any atom is 0.294 e. The smallest absolute Gasteiger partial charge is 0.294 e. The van der Waals surface area contributed by atoms with Gasteiger partial charge in [-0.25, -0.2) is 0 Å². The molecular weight excluding hydrogens is 470 g/mol. The van der Waals surface area contributed by atoms with Crippen molar-refractivity contribution < 1.29 is 14.3 Å². The lowest BCUT2D eigenvalue weighted by Crippen LogP contribution is -2.51. The maximum atomic E-state index is 13.0. The number of ether oxygens (including phenoxy) is 1. The van der Waals surface area contributed by atoms with Crippen molar-refractivity contribution in [3.8, 4) is 5.75 Å². The minimum Gasteiger partial charge on any atom is -0.489 e. The molecule has 0 bridgehead atoms. The van der Waals surface area contributed by atoms with E-state index in [1.165, 1.54) is 16.2 Å². The summed E-state index contributed by atoms with van der Waals surface area (Å²) in [6.45, 7) is 6.30. The summed E-state index contributed by atoms with van der Waals surface area (Å²) in [6, 6.07) is 26.0. The number of hydrogen-bond acceptors (Lipinski definition) is 6. The number of piperazine rings is 1. The first-order valence-corrected chi connectivity index (χ1v) is 12.9. The topological polar surface area (TPSA) is 53.1 Å². The zero-order valence-corrected chi connectivity index (χ0v) is 21.1. The lowest BCUT2D eigenvalue weighted by atomic mass is 10.1. The Morgan fingerprint density at radius 3 is 2.28 bits per heavy atom. The summed E-state index contributed by atoms with van der Waals surface area (Å²) in [6.07, 6.45) is 1.78. The fourth-order valence-corrected chi connectivity index (χ4v) is 5.25. The molecule has 0 atom stereocenters. The number of nitrogens with zero attached hydrogens (tertiary/aromatic N) is 3. The monoisotopic (exact) mass is 499 g/mol. The van der Waals surface area contributed by atoms with Crippen molar-refractivity contribution in [1.29, 1.82) is 0 Å². The van der Waals surface area contributed by atoms with E-state index in [1.54, 1.807) is 6.08 Å². The average Bonchev–Trinajstić information content (AvgIpc) is 3.17. The summed E-state index contributed by atoms with van der Waals surface area (Å²) >= 11 is 1.01. The van der Waals surface area contributed by atoms with Gasteiger partial charge in [-0.1, -0.05) is 60.7 Å². The van der Waals surface area contributed by atoms with Gasteiger partial charge in [-0.3, -0.25) is 19.4 Å². The van der Waals surface area contributed by atoms with Crippen molar-refractivity contribution in [1.82, 2.24) is 9.80 Å². The number of aryl methyl sites for hydroxylation is 1. The number of imide groups is 1. The Bertz CT molecular complexity index is 1250. The average molecular weight is 500 g/mol. The summed E-state index contributed by atoms with van der Waals surface area (Å²) in [4.78, 5) is 32.0. The number of anilines is 1. The Kier molecular flexibility index (Phi) is 7.39. The molecule has 0 radical (unpaired) electrons. The van der Waals surface area contributed by atoms with E-state index in [0.29, 0.717) is 18.2 Å². The summed E-state index contributed by atoms with van der Waals surface area (Å²) in [5.41, 5.74) is 4.48. The van der Waals surface area contributed by atoms with Gasteiger partial charge >= 0.3 is 0 Å². The molecule has 36 heavy (non-hydrogen) atoms. The molecule has 6 nitrogen and oxygen atoms in total. The summed E-state index contributed by atoms with van der Waals surface area (Å²) in [5, 5.41) is -0.213. The van der Waals surface area contributed by atoms with Crippen LogP contribution in [-0.4, -0.2) is 53.8 Å². The molecule has 0 aromatic heterocycles. The second-order valence-electron chi connectivity index (χ2n) is 8.99. The standard InChI is InChI=1S/C29H29N3O3S/c1-22-7-5-6-10-26(22)31-17-15-30(16-18-31)21-32-28(33)27(36-29(32)34)19-23-11-13-25(14-12-23)35-20-24-8-3-2-4-9-24/h2-14,19H,15-18,20-21H2,1H3. The number of carbonyl (C=O) groups is 2. The van der Waals surface area contributed by atoms with E-state index in [9.17, 15) is 9.59 Å². The first kappa shape index (κ1) is 24.2. The Labute approximate surface area is 216 Å². The van der Waals surface area contributed by atoms with E-state index in [4.69, 9.17) is 4.74 Å². The minimum absolute atomic E-state index is 0.213. The fourth-order valence-electron chi connectivity index (χ4n) is 4.42. The maximum absolute atomic E-state index is 13.0. The van der Waals surface area contributed by atoms with Crippen LogP contribution in [0, 0.1) is 6.92 Å². The number of hydrogen-bond donors (Lipinski definition) is 0. The third kappa shape index (κ3) is 5.64. The lowest BCUT2D eigenvalue weighted by molar-refractivity contribution is -0.124. The van der Waals surface area contributed by atoms with Gasteiger partial charge in [-0.05, 0) is 59.7 Å². The molecule has 0 aliphatic carbocycles. The quantitative estimate of drug-likeness (QED) is 0.406. The SMILES string of the molecule is Cc1ccccc1N1CCN(CN2C(=O)SC(=Cc3ccc(OCc4ccccc4)cc3)C2=O)CC1. The van der Waals surface area contributed by atoms with Crippen molar-refractivity contribution in [3.63, 3.8) is 0 Å². The van der Waals surface area contributed by atoms with E-state index in [0.717, 1.165) is 54.8 Å². The highest BCUT2D eigenvalue weighted by Crippen LogP contribution is 2.33. The molecule has 2 aliphatic rings. The lowest BCUT2D eigenvalue weighted by Gasteiger charge is -2.37. The van der Waals surface area contributed by atoms with Gasteiger partial charge in [0, 0.05) is 31.9 Å². The zero-order chi connectivity index (χ0) is 24.9. The molecule has 2 amide bonds. The highest BCUT2D eigenvalue weighted by Gasteiger charge is 2.36. The van der Waals surface area contributed by atoms with Crippen molar-refractivity contribution in [2.24, 2.45) is 0 Å². The Morgan fingerprint density at radius 1 is 0.861 bits per heavy atom. The van der Waals surface area contributed by atoms with E-state index in [1.807, 2.05) is 54.6 Å². The van der Waals surface area contributed by atoms with Gasteiger partial charge in [0.05, 0.1) is 11.6 Å². The van der Waals surface area contributed by atoms with Gasteiger partial charge in [0.1, 0.15) is 12.4 Å². The number of para-hydroxylation sites is 1. The number of amides is 2. The Morgan fingerprint density at radius 2 is 1.56 bits per heavy atom. The first-order valence-electron chi connectivity index (χ1n) is 12.1. The van der Waals surface area contributed by atoms with Crippen LogP contribution in [0.2, 0.25) is 0 Å². The van der Waals surface area contributed by atoms with Crippen LogP contribution >= 0.6 is 11.8 Å². The van der Waals surface area contributed by atoms with Crippen LogP contribution in [0.3, 0.4) is 0 Å². The van der Waals surface area contributed by atoms with E-state index in [2.05, 4.69) is 41.0 Å². The predicted molar refractivity (Wildman–Crippen MR) is 145 cm³/mol. The largest absolute Gasteiger partial charge is 0.489 e. The molecule has 3 aromatic carbocycles. The summed E-state index contributed by atoms with van der Waals surface area (Å²) in [7, 11) is 0. The molecule has 0 N–H and O–H groups in total. The second kappa shape index (κ2) is 11.0. The molecule has 3 aromatic rings. The number of benzene rings is 3. The van der Waals surface area contributed by atoms with Crippen LogP contribution < -0.4 is 9.64 Å². The molecule has 0 unspecified atom stereocenters. The van der Waals surface area contributed by atoms with Crippen LogP contribution in [0.5, 0.6) is 5.75 Å². The zero-order valence-electron chi connectivity index (χ0n) is 20.3. The van der Waals surface area contributed by atoms with Crippen LogP contribution in [0.15, 0.2) is 83.8 Å². The van der Waals surface area contributed by atoms with Gasteiger partial charge in [-0.2, -0.15) is 0 Å². The van der Waals surface area contributed by atoms with Crippen molar-refractivity contribution in [3.05, 3.63) is 100 Å². The number of rotatable bonds is 7. The Hall–Kier alpha value is -3.55. The summed E-state index contributed by atoms with van der Waals surface area (Å²) in [5.74, 6) is 0.532. The number of thioether (sulfide) groups is 1. The van der Waals surface area contributed by atoms with E-state index >= 15 is 0 Å². The molecule has 7 heteroatoms. The van der Waals surface area contributed by atoms with Gasteiger partial charge in [0.2, 0.25) is 0 Å². The van der Waals surface area contributed by atoms with Gasteiger partial charge < -0.3 is 9.64 Å². The van der Waals surface area contributed by atoms with Crippen LogP contribution in [0.25, 0.3) is 6.08 Å². The third-order valence-electron chi connectivity index (χ3n) is 6.47. The number of carbonyl (C=O) groups excluding carboxylic acids is 2. The van der Waals surface area contributed by atoms with Crippen LogP contribution in [0.1, 0.15) is 16.7 Å². The van der Waals surface area contributed by atoms with E-state index in [-0.39, 0.29) is 11.1 Å². The predicted octanol–water partition coefficient (Wildman–Crippen LogP) is 5.39. The van der Waals surface area contributed by atoms with Crippen LogP contribution in [0.4, 0.5) is 10.5 Å². The van der Waals surface area contributed by atoms with Crippen molar-refractivity contribution in [2.45, 2.75) is 13.5 Å². The van der Waals surface area contributed by atoms with Gasteiger partial charge in [0.15, 0.2) is 0 Å². The van der Waals surface area contributed by atoms with Crippen LogP contribution in [-0.2, 0) is 11.4 Å². The second-order valence-corrected chi connectivity index (χ2v) is 9.98. The minimum atomic E-state index is -0.226. The molecule has 0 spiro atoms. The molecule has 184 valence electrons. The molecule has 2 saturated heterocycles. The van der Waals surface area contributed by atoms with Crippen molar-refractivity contribution >= 4 is 34.7 Å². The van der Waals surface area contributed by atoms with E-state index < -0.39 is 0 Å².